The highest BCUT2D eigenvalue weighted by molar-refractivity contribution is 7.91. The van der Waals surface area contributed by atoms with Gasteiger partial charge < -0.3 is 15.3 Å². The van der Waals surface area contributed by atoms with Gasteiger partial charge in [0.2, 0.25) is 0 Å². The minimum Gasteiger partial charge on any atom is -0.480 e. The molecule has 2 aliphatic rings. The van der Waals surface area contributed by atoms with E-state index in [1.165, 1.54) is 4.90 Å². The smallest absolute Gasteiger partial charge is 0.329 e. The zero-order valence-corrected chi connectivity index (χ0v) is 13.0. The monoisotopic (exact) mass is 318 g/mol. The summed E-state index contributed by atoms with van der Waals surface area (Å²) < 4.78 is 22.8. The van der Waals surface area contributed by atoms with Crippen LogP contribution in [0.5, 0.6) is 0 Å². The minimum absolute atomic E-state index is 0.0696. The zero-order valence-electron chi connectivity index (χ0n) is 12.2. The molecule has 120 valence electrons. The van der Waals surface area contributed by atoms with Crippen molar-refractivity contribution in [1.29, 1.82) is 0 Å². The van der Waals surface area contributed by atoms with Crippen LogP contribution in [0.2, 0.25) is 0 Å². The molecule has 2 heterocycles. The first-order valence-electron chi connectivity index (χ1n) is 7.24. The highest BCUT2D eigenvalue weighted by atomic mass is 32.2. The maximum atomic E-state index is 12.2. The van der Waals surface area contributed by atoms with Crippen LogP contribution >= 0.6 is 0 Å². The number of nitrogens with zero attached hydrogens (tertiary/aromatic N) is 1. The second-order valence-electron chi connectivity index (χ2n) is 6.14. The van der Waals surface area contributed by atoms with E-state index < -0.39 is 27.4 Å². The molecule has 2 aliphatic heterocycles. The fraction of sp³-hybridized carbons (Fsp3) is 0.846. The van der Waals surface area contributed by atoms with Crippen LogP contribution in [-0.2, 0) is 14.6 Å². The Morgan fingerprint density at radius 2 is 2.10 bits per heavy atom. The summed E-state index contributed by atoms with van der Waals surface area (Å²) in [6.07, 6.45) is 2.56. The van der Waals surface area contributed by atoms with Gasteiger partial charge in [0.15, 0.2) is 9.84 Å². The molecule has 2 fully saturated rings. The van der Waals surface area contributed by atoms with Crippen molar-refractivity contribution in [2.45, 2.75) is 38.1 Å². The van der Waals surface area contributed by atoms with Crippen molar-refractivity contribution in [2.24, 2.45) is 5.92 Å². The number of carboxylic acids is 1. The van der Waals surface area contributed by atoms with Crippen LogP contribution in [0, 0.1) is 5.92 Å². The Hall–Kier alpha value is -1.31. The first-order valence-corrected chi connectivity index (χ1v) is 9.06. The molecule has 0 aromatic heterocycles. The molecule has 0 saturated carbocycles. The number of hydrogen-bond donors (Lipinski definition) is 2. The molecule has 2 rings (SSSR count). The van der Waals surface area contributed by atoms with Gasteiger partial charge in [-0.3, -0.25) is 0 Å². The molecule has 0 aliphatic carbocycles. The lowest BCUT2D eigenvalue weighted by Crippen LogP contribution is -2.60. The van der Waals surface area contributed by atoms with Crippen molar-refractivity contribution in [3.05, 3.63) is 0 Å². The number of sulfone groups is 1. The van der Waals surface area contributed by atoms with Gasteiger partial charge in [0, 0.05) is 13.1 Å². The molecule has 7 nitrogen and oxygen atoms in total. The van der Waals surface area contributed by atoms with Crippen molar-refractivity contribution < 1.29 is 23.1 Å². The topological polar surface area (TPSA) is 104 Å². The van der Waals surface area contributed by atoms with Gasteiger partial charge in [-0.15, -0.1) is 0 Å². The van der Waals surface area contributed by atoms with E-state index in [2.05, 4.69) is 5.32 Å². The third-order valence-electron chi connectivity index (χ3n) is 4.47. The summed E-state index contributed by atoms with van der Waals surface area (Å²) in [5, 5.41) is 12.1. The summed E-state index contributed by atoms with van der Waals surface area (Å²) in [7, 11) is -2.96. The van der Waals surface area contributed by atoms with Crippen LogP contribution in [0.25, 0.3) is 0 Å². The molecule has 2 atom stereocenters. The van der Waals surface area contributed by atoms with E-state index >= 15 is 0 Å². The van der Waals surface area contributed by atoms with Crippen molar-refractivity contribution in [2.75, 3.05) is 24.6 Å². The number of hydrogen-bond acceptors (Lipinski definition) is 4. The van der Waals surface area contributed by atoms with E-state index in [-0.39, 0.29) is 24.0 Å². The van der Waals surface area contributed by atoms with Gasteiger partial charge in [0.25, 0.3) is 0 Å². The van der Waals surface area contributed by atoms with Crippen molar-refractivity contribution in [3.8, 4) is 0 Å². The highest BCUT2D eigenvalue weighted by Gasteiger charge is 2.44. The van der Waals surface area contributed by atoms with Crippen LogP contribution in [0.15, 0.2) is 0 Å². The molecule has 0 aromatic carbocycles. The lowest BCUT2D eigenvalue weighted by Gasteiger charge is -2.41. The van der Waals surface area contributed by atoms with Gasteiger partial charge in [-0.1, -0.05) is 0 Å². The van der Waals surface area contributed by atoms with E-state index in [0.29, 0.717) is 19.4 Å². The lowest BCUT2D eigenvalue weighted by atomic mass is 9.89. The average Bonchev–Trinajstić information content (AvgIpc) is 2.76. The number of likely N-dealkylation sites (tertiary alicyclic amines) is 1. The SMILES string of the molecule is CC1(C(=O)O)CCCCN1C(=O)NCC1CCS(=O)(=O)C1. The molecule has 0 aromatic rings. The molecule has 2 N–H and O–H groups in total. The Bertz CT molecular complexity index is 533. The summed E-state index contributed by atoms with van der Waals surface area (Å²) in [4.78, 5) is 25.0. The van der Waals surface area contributed by atoms with Gasteiger partial charge in [-0.05, 0) is 38.5 Å². The number of aliphatic carboxylic acids is 1. The number of carbonyl (C=O) groups excluding carboxylic acids is 1. The summed E-state index contributed by atoms with van der Waals surface area (Å²) in [6, 6.07) is -0.413. The third-order valence-corrected chi connectivity index (χ3v) is 6.30. The number of nitrogens with one attached hydrogen (secondary N) is 1. The molecule has 0 spiro atoms. The maximum absolute atomic E-state index is 12.2. The summed E-state index contributed by atoms with van der Waals surface area (Å²) in [6.45, 7) is 2.26. The highest BCUT2D eigenvalue weighted by Crippen LogP contribution is 2.28. The van der Waals surface area contributed by atoms with E-state index in [1.54, 1.807) is 6.92 Å². The predicted molar refractivity (Wildman–Crippen MR) is 76.8 cm³/mol. The Kier molecular flexibility index (Phi) is 4.46. The quantitative estimate of drug-likeness (QED) is 0.787. The van der Waals surface area contributed by atoms with Crippen molar-refractivity contribution in [3.63, 3.8) is 0 Å². The third kappa shape index (κ3) is 3.48. The lowest BCUT2D eigenvalue weighted by molar-refractivity contribution is -0.150. The van der Waals surface area contributed by atoms with Gasteiger partial charge in [0.05, 0.1) is 11.5 Å². The Labute approximate surface area is 124 Å². The first kappa shape index (κ1) is 16.1. The Morgan fingerprint density at radius 1 is 1.38 bits per heavy atom. The first-order chi connectivity index (χ1) is 9.74. The van der Waals surface area contributed by atoms with Gasteiger partial charge in [0.1, 0.15) is 5.54 Å². The molecule has 21 heavy (non-hydrogen) atoms. The number of piperidine rings is 1. The van der Waals surface area contributed by atoms with Crippen LogP contribution in [0.3, 0.4) is 0 Å². The van der Waals surface area contributed by atoms with Crippen LogP contribution < -0.4 is 5.32 Å². The number of carboxylic acid groups (broad SMARTS) is 1. The van der Waals surface area contributed by atoms with Crippen molar-refractivity contribution >= 4 is 21.8 Å². The van der Waals surface area contributed by atoms with Gasteiger partial charge >= 0.3 is 12.0 Å². The summed E-state index contributed by atoms with van der Waals surface area (Å²) in [5.74, 6) is -0.797. The van der Waals surface area contributed by atoms with Crippen molar-refractivity contribution in [1.82, 2.24) is 10.2 Å². The molecule has 0 radical (unpaired) electrons. The molecule has 2 saturated heterocycles. The van der Waals surface area contributed by atoms with E-state index in [0.717, 1.165) is 12.8 Å². The molecule has 8 heteroatoms. The maximum Gasteiger partial charge on any atom is 0.329 e. The minimum atomic E-state index is -2.96. The number of amides is 2. The van der Waals surface area contributed by atoms with E-state index in [9.17, 15) is 23.1 Å². The second kappa shape index (κ2) is 5.82. The molecule has 0 bridgehead atoms. The molecular weight excluding hydrogens is 296 g/mol. The fourth-order valence-electron chi connectivity index (χ4n) is 3.03. The fourth-order valence-corrected chi connectivity index (χ4v) is 4.89. The van der Waals surface area contributed by atoms with Gasteiger partial charge in [-0.25, -0.2) is 18.0 Å². The van der Waals surface area contributed by atoms with Crippen LogP contribution in [0.4, 0.5) is 4.79 Å². The number of carbonyl (C=O) groups is 2. The second-order valence-corrected chi connectivity index (χ2v) is 8.37. The van der Waals surface area contributed by atoms with Crippen LogP contribution in [-0.4, -0.2) is 60.6 Å². The number of rotatable bonds is 3. The number of urea groups is 1. The summed E-state index contributed by atoms with van der Waals surface area (Å²) >= 11 is 0. The molecule has 2 unspecified atom stereocenters. The largest absolute Gasteiger partial charge is 0.480 e. The standard InChI is InChI=1S/C13H22N2O5S/c1-13(11(16)17)5-2-3-6-15(13)12(18)14-8-10-4-7-21(19,20)9-10/h10H,2-9H2,1H3,(H,14,18)(H,16,17). The van der Waals surface area contributed by atoms with E-state index in [1.807, 2.05) is 0 Å². The zero-order chi connectivity index (χ0) is 15.7. The molecular formula is C13H22N2O5S. The normalized spacial score (nSPS) is 31.9. The average molecular weight is 318 g/mol. The summed E-state index contributed by atoms with van der Waals surface area (Å²) in [5.41, 5.74) is -1.18. The molecule has 2 amide bonds. The van der Waals surface area contributed by atoms with Crippen LogP contribution in [0.1, 0.15) is 32.6 Å². The predicted octanol–water partition coefficient (Wildman–Crippen LogP) is 0.460. The Balaban J connectivity index is 1.94. The van der Waals surface area contributed by atoms with Gasteiger partial charge in [-0.2, -0.15) is 0 Å². The van der Waals surface area contributed by atoms with E-state index in [4.69, 9.17) is 0 Å². The Morgan fingerprint density at radius 3 is 2.67 bits per heavy atom.